The summed E-state index contributed by atoms with van der Waals surface area (Å²) in [4.78, 5) is 23.7. The number of benzene rings is 3. The quantitative estimate of drug-likeness (QED) is 0.602. The second kappa shape index (κ2) is 9.23. The zero-order valence-electron chi connectivity index (χ0n) is 15.4. The maximum atomic E-state index is 12.4. The topological polar surface area (TPSA) is 79.5 Å². The summed E-state index contributed by atoms with van der Waals surface area (Å²) in [5, 5.41) is 7.95. The minimum atomic E-state index is -0.300. The van der Waals surface area contributed by atoms with E-state index in [9.17, 15) is 9.59 Å². The summed E-state index contributed by atoms with van der Waals surface area (Å²) in [7, 11) is 1.54. The fourth-order valence-electron chi connectivity index (χ4n) is 2.48. The Morgan fingerprint density at radius 3 is 2.00 bits per heavy atom. The van der Waals surface area contributed by atoms with Crippen LogP contribution in [0.5, 0.6) is 5.75 Å². The first-order valence-corrected chi connectivity index (χ1v) is 8.81. The molecule has 0 aliphatic heterocycles. The zero-order chi connectivity index (χ0) is 19.8. The standard InChI is InChI=1S/C22H21N3O3/c1-23-22(27)25-19-11-9-18(10-12-19)24-21(26)17-7-13-20(14-8-17)28-15-16-5-3-2-4-6-16/h2-14H,15H2,1H3,(H,24,26)(H2,23,25,27). The molecule has 0 heterocycles. The monoisotopic (exact) mass is 375 g/mol. The number of carbonyl (C=O) groups is 2. The molecule has 0 unspecified atom stereocenters. The van der Waals surface area contributed by atoms with Gasteiger partial charge in [0, 0.05) is 24.0 Å². The van der Waals surface area contributed by atoms with Gasteiger partial charge in [0.05, 0.1) is 0 Å². The van der Waals surface area contributed by atoms with Crippen molar-refractivity contribution >= 4 is 23.3 Å². The first-order chi connectivity index (χ1) is 13.6. The molecule has 0 atom stereocenters. The Morgan fingerprint density at radius 1 is 0.786 bits per heavy atom. The molecule has 142 valence electrons. The predicted molar refractivity (Wildman–Crippen MR) is 110 cm³/mol. The molecule has 6 nitrogen and oxygen atoms in total. The molecule has 0 aliphatic rings. The maximum absolute atomic E-state index is 12.4. The number of ether oxygens (including phenoxy) is 1. The SMILES string of the molecule is CNC(=O)Nc1ccc(NC(=O)c2ccc(OCc3ccccc3)cc2)cc1. The van der Waals surface area contributed by atoms with Crippen LogP contribution in [0.4, 0.5) is 16.2 Å². The number of nitrogens with one attached hydrogen (secondary N) is 3. The van der Waals surface area contributed by atoms with E-state index < -0.39 is 0 Å². The summed E-state index contributed by atoms with van der Waals surface area (Å²) in [6.07, 6.45) is 0. The zero-order valence-corrected chi connectivity index (χ0v) is 15.4. The van der Waals surface area contributed by atoms with Gasteiger partial charge in [0.1, 0.15) is 12.4 Å². The Hall–Kier alpha value is -3.80. The van der Waals surface area contributed by atoms with Crippen molar-refractivity contribution in [1.29, 1.82) is 0 Å². The molecule has 0 fully saturated rings. The van der Waals surface area contributed by atoms with E-state index in [4.69, 9.17) is 4.74 Å². The molecule has 3 aromatic rings. The molecule has 0 radical (unpaired) electrons. The fourth-order valence-corrected chi connectivity index (χ4v) is 2.48. The van der Waals surface area contributed by atoms with Gasteiger partial charge in [0.15, 0.2) is 0 Å². The van der Waals surface area contributed by atoms with Gasteiger partial charge in [-0.1, -0.05) is 30.3 Å². The molecule has 0 aliphatic carbocycles. The second-order valence-electron chi connectivity index (χ2n) is 6.03. The number of anilines is 2. The maximum Gasteiger partial charge on any atom is 0.318 e. The first-order valence-electron chi connectivity index (χ1n) is 8.81. The van der Waals surface area contributed by atoms with Crippen LogP contribution in [0.2, 0.25) is 0 Å². The molecule has 0 aromatic heterocycles. The summed E-state index contributed by atoms with van der Waals surface area (Å²) in [6, 6.07) is 23.4. The van der Waals surface area contributed by atoms with Gasteiger partial charge in [-0.15, -0.1) is 0 Å². The molecule has 28 heavy (non-hydrogen) atoms. The van der Waals surface area contributed by atoms with Crippen LogP contribution in [0.1, 0.15) is 15.9 Å². The lowest BCUT2D eigenvalue weighted by Gasteiger charge is -2.09. The molecular weight excluding hydrogens is 354 g/mol. The number of hydrogen-bond acceptors (Lipinski definition) is 3. The predicted octanol–water partition coefficient (Wildman–Crippen LogP) is 4.27. The highest BCUT2D eigenvalue weighted by molar-refractivity contribution is 6.04. The third kappa shape index (κ3) is 5.35. The molecule has 0 saturated carbocycles. The van der Waals surface area contributed by atoms with Gasteiger partial charge in [-0.25, -0.2) is 4.79 Å². The Balaban J connectivity index is 1.55. The van der Waals surface area contributed by atoms with E-state index in [-0.39, 0.29) is 11.9 Å². The van der Waals surface area contributed by atoms with Gasteiger partial charge in [0.25, 0.3) is 5.91 Å². The van der Waals surface area contributed by atoms with Gasteiger partial charge in [-0.2, -0.15) is 0 Å². The minimum Gasteiger partial charge on any atom is -0.489 e. The van der Waals surface area contributed by atoms with Crippen LogP contribution in [0.15, 0.2) is 78.9 Å². The van der Waals surface area contributed by atoms with Crippen LogP contribution in [0, 0.1) is 0 Å². The largest absolute Gasteiger partial charge is 0.489 e. The third-order valence-corrected chi connectivity index (χ3v) is 3.99. The van der Waals surface area contributed by atoms with Crippen molar-refractivity contribution in [2.75, 3.05) is 17.7 Å². The van der Waals surface area contributed by atoms with Gasteiger partial charge < -0.3 is 20.7 Å². The van der Waals surface area contributed by atoms with Crippen LogP contribution in [-0.2, 0) is 6.61 Å². The summed E-state index contributed by atoms with van der Waals surface area (Å²) in [6.45, 7) is 0.475. The summed E-state index contributed by atoms with van der Waals surface area (Å²) in [5.41, 5.74) is 2.88. The number of amides is 3. The van der Waals surface area contributed by atoms with E-state index in [1.54, 1.807) is 55.6 Å². The van der Waals surface area contributed by atoms with E-state index in [2.05, 4.69) is 16.0 Å². The normalized spacial score (nSPS) is 10.0. The van der Waals surface area contributed by atoms with Crippen molar-refractivity contribution in [3.05, 3.63) is 90.0 Å². The van der Waals surface area contributed by atoms with Crippen molar-refractivity contribution in [3.8, 4) is 5.75 Å². The van der Waals surface area contributed by atoms with Crippen molar-refractivity contribution < 1.29 is 14.3 Å². The van der Waals surface area contributed by atoms with Crippen molar-refractivity contribution in [2.45, 2.75) is 6.61 Å². The van der Waals surface area contributed by atoms with E-state index in [0.29, 0.717) is 29.3 Å². The summed E-state index contributed by atoms with van der Waals surface area (Å²) < 4.78 is 5.73. The van der Waals surface area contributed by atoms with Crippen LogP contribution in [0.25, 0.3) is 0 Å². The molecule has 0 saturated heterocycles. The molecular formula is C22H21N3O3. The lowest BCUT2D eigenvalue weighted by molar-refractivity contribution is 0.102. The average molecular weight is 375 g/mol. The van der Waals surface area contributed by atoms with Gasteiger partial charge in [-0.3, -0.25) is 4.79 Å². The first kappa shape index (κ1) is 19.0. The highest BCUT2D eigenvalue weighted by Crippen LogP contribution is 2.17. The molecule has 3 N–H and O–H groups in total. The van der Waals surface area contributed by atoms with E-state index in [1.165, 1.54) is 0 Å². The number of carbonyl (C=O) groups excluding carboxylic acids is 2. The van der Waals surface area contributed by atoms with E-state index in [0.717, 1.165) is 5.56 Å². The smallest absolute Gasteiger partial charge is 0.318 e. The number of rotatable bonds is 6. The third-order valence-electron chi connectivity index (χ3n) is 3.99. The Kier molecular flexibility index (Phi) is 6.25. The van der Waals surface area contributed by atoms with Crippen LogP contribution < -0.4 is 20.7 Å². The van der Waals surface area contributed by atoms with Crippen molar-refractivity contribution in [1.82, 2.24) is 5.32 Å². The lowest BCUT2D eigenvalue weighted by Crippen LogP contribution is -2.24. The van der Waals surface area contributed by atoms with Gasteiger partial charge in [-0.05, 0) is 54.1 Å². The molecule has 3 rings (SSSR count). The molecule has 0 spiro atoms. The van der Waals surface area contributed by atoms with E-state index >= 15 is 0 Å². The number of urea groups is 1. The summed E-state index contributed by atoms with van der Waals surface area (Å²) >= 11 is 0. The van der Waals surface area contributed by atoms with Gasteiger partial charge >= 0.3 is 6.03 Å². The average Bonchev–Trinajstić information content (AvgIpc) is 2.74. The number of hydrogen-bond donors (Lipinski definition) is 3. The second-order valence-corrected chi connectivity index (χ2v) is 6.03. The molecule has 3 aromatic carbocycles. The van der Waals surface area contributed by atoms with Crippen LogP contribution in [0.3, 0.4) is 0 Å². The van der Waals surface area contributed by atoms with Crippen LogP contribution in [-0.4, -0.2) is 19.0 Å². The lowest BCUT2D eigenvalue weighted by atomic mass is 10.2. The molecule has 3 amide bonds. The van der Waals surface area contributed by atoms with E-state index in [1.807, 2.05) is 30.3 Å². The van der Waals surface area contributed by atoms with Gasteiger partial charge in [0.2, 0.25) is 0 Å². The van der Waals surface area contributed by atoms with Crippen molar-refractivity contribution in [2.24, 2.45) is 0 Å². The Labute approximate surface area is 163 Å². The highest BCUT2D eigenvalue weighted by atomic mass is 16.5. The molecule has 0 bridgehead atoms. The Bertz CT molecular complexity index is 924. The van der Waals surface area contributed by atoms with Crippen LogP contribution >= 0.6 is 0 Å². The highest BCUT2D eigenvalue weighted by Gasteiger charge is 2.07. The molecule has 6 heteroatoms. The summed E-state index contributed by atoms with van der Waals surface area (Å²) in [5.74, 6) is 0.478. The Morgan fingerprint density at radius 2 is 1.39 bits per heavy atom. The minimum absolute atomic E-state index is 0.221. The fraction of sp³-hybridized carbons (Fsp3) is 0.0909. The van der Waals surface area contributed by atoms with Crippen molar-refractivity contribution in [3.63, 3.8) is 0 Å².